The second-order valence-electron chi connectivity index (χ2n) is 4.33. The highest BCUT2D eigenvalue weighted by atomic mass is 19.1. The van der Waals surface area contributed by atoms with Gasteiger partial charge in [0.25, 0.3) is 0 Å². The molecule has 0 aliphatic rings. The zero-order valence-corrected chi connectivity index (χ0v) is 10.8. The molecular weight excluding hydrogens is 229 g/mol. The Kier molecular flexibility index (Phi) is 3.97. The van der Waals surface area contributed by atoms with Gasteiger partial charge in [0, 0.05) is 18.4 Å². The van der Waals surface area contributed by atoms with Crippen LogP contribution < -0.4 is 5.32 Å². The first-order valence-corrected chi connectivity index (χ1v) is 6.26. The minimum atomic E-state index is -0.226. The van der Waals surface area contributed by atoms with Crippen molar-refractivity contribution in [3.63, 3.8) is 0 Å². The molecule has 0 unspecified atom stereocenters. The third-order valence-corrected chi connectivity index (χ3v) is 2.74. The summed E-state index contributed by atoms with van der Waals surface area (Å²) in [6, 6.07) is 6.42. The second kappa shape index (κ2) is 5.67. The molecule has 1 aromatic heterocycles. The van der Waals surface area contributed by atoms with Gasteiger partial charge in [-0.25, -0.2) is 9.37 Å². The maximum Gasteiger partial charge on any atom is 0.207 e. The minimum absolute atomic E-state index is 0.226. The summed E-state index contributed by atoms with van der Waals surface area (Å²) >= 11 is 0. The number of aryl methyl sites for hydroxylation is 1. The largest absolute Gasteiger partial charge is 0.355 e. The number of nitrogens with one attached hydrogen (secondary N) is 1. The second-order valence-corrected chi connectivity index (χ2v) is 4.33. The van der Waals surface area contributed by atoms with Crippen LogP contribution in [0, 0.1) is 12.7 Å². The van der Waals surface area contributed by atoms with E-state index in [4.69, 9.17) is 0 Å². The summed E-state index contributed by atoms with van der Waals surface area (Å²) in [7, 11) is 0. The van der Waals surface area contributed by atoms with Gasteiger partial charge in [-0.3, -0.25) is 4.57 Å². The molecule has 2 aromatic rings. The van der Waals surface area contributed by atoms with Crippen molar-refractivity contribution in [2.45, 2.75) is 26.7 Å². The summed E-state index contributed by atoms with van der Waals surface area (Å²) in [6.45, 7) is 5.00. The number of unbranched alkanes of at least 4 members (excludes halogenated alkanes) is 1. The van der Waals surface area contributed by atoms with E-state index in [-0.39, 0.29) is 5.82 Å². The van der Waals surface area contributed by atoms with Gasteiger partial charge in [-0.15, -0.1) is 0 Å². The lowest BCUT2D eigenvalue weighted by atomic mass is 10.3. The molecule has 4 heteroatoms. The Labute approximate surface area is 107 Å². The third-order valence-electron chi connectivity index (χ3n) is 2.74. The number of nitrogens with zero attached hydrogens (tertiary/aromatic N) is 2. The van der Waals surface area contributed by atoms with E-state index in [0.29, 0.717) is 0 Å². The summed E-state index contributed by atoms with van der Waals surface area (Å²) in [5.41, 5.74) is 1.86. The Morgan fingerprint density at radius 3 is 2.67 bits per heavy atom. The van der Waals surface area contributed by atoms with Crippen LogP contribution in [-0.4, -0.2) is 16.1 Å². The molecule has 1 aromatic carbocycles. The number of aromatic nitrogens is 2. The first kappa shape index (κ1) is 12.6. The predicted octanol–water partition coefficient (Wildman–Crippen LogP) is 3.53. The number of benzene rings is 1. The predicted molar refractivity (Wildman–Crippen MR) is 71.7 cm³/mol. The fraction of sp³-hybridized carbons (Fsp3) is 0.357. The van der Waals surface area contributed by atoms with E-state index in [2.05, 4.69) is 17.2 Å². The van der Waals surface area contributed by atoms with Gasteiger partial charge in [-0.05, 0) is 37.6 Å². The smallest absolute Gasteiger partial charge is 0.207 e. The number of halogens is 1. The topological polar surface area (TPSA) is 29.9 Å². The maximum absolute atomic E-state index is 12.9. The molecule has 0 radical (unpaired) electrons. The van der Waals surface area contributed by atoms with Crippen molar-refractivity contribution < 1.29 is 4.39 Å². The van der Waals surface area contributed by atoms with Crippen molar-refractivity contribution in [2.24, 2.45) is 0 Å². The average molecular weight is 247 g/mol. The van der Waals surface area contributed by atoms with Gasteiger partial charge in [0.1, 0.15) is 5.82 Å². The molecule has 0 saturated carbocycles. The number of rotatable bonds is 5. The Balaban J connectivity index is 2.23. The molecular formula is C14H18FN3. The van der Waals surface area contributed by atoms with E-state index in [0.717, 1.165) is 36.7 Å². The van der Waals surface area contributed by atoms with Crippen LogP contribution in [0.15, 0.2) is 30.5 Å². The van der Waals surface area contributed by atoms with Gasteiger partial charge in [0.2, 0.25) is 5.95 Å². The molecule has 0 aliphatic carbocycles. The lowest BCUT2D eigenvalue weighted by Crippen LogP contribution is -2.07. The summed E-state index contributed by atoms with van der Waals surface area (Å²) in [5.74, 6) is 0.587. The molecule has 3 nitrogen and oxygen atoms in total. The van der Waals surface area contributed by atoms with Gasteiger partial charge in [-0.1, -0.05) is 13.3 Å². The lowest BCUT2D eigenvalue weighted by Gasteiger charge is -2.09. The minimum Gasteiger partial charge on any atom is -0.355 e. The van der Waals surface area contributed by atoms with Crippen LogP contribution in [0.4, 0.5) is 10.3 Å². The van der Waals surface area contributed by atoms with Gasteiger partial charge >= 0.3 is 0 Å². The standard InChI is InChI=1S/C14H18FN3/c1-3-4-9-16-14-17-11(2)10-18(14)13-7-5-12(15)6-8-13/h5-8,10H,3-4,9H2,1-2H3,(H,16,17). The first-order valence-electron chi connectivity index (χ1n) is 6.26. The molecule has 18 heavy (non-hydrogen) atoms. The summed E-state index contributed by atoms with van der Waals surface area (Å²) in [4.78, 5) is 4.44. The fourth-order valence-electron chi connectivity index (χ4n) is 1.80. The molecule has 0 atom stereocenters. The van der Waals surface area contributed by atoms with E-state index in [9.17, 15) is 4.39 Å². The van der Waals surface area contributed by atoms with E-state index in [1.165, 1.54) is 12.1 Å². The summed E-state index contributed by atoms with van der Waals surface area (Å²) < 4.78 is 14.9. The molecule has 96 valence electrons. The Bertz CT molecular complexity index is 502. The van der Waals surface area contributed by atoms with Crippen molar-refractivity contribution in [1.82, 2.24) is 9.55 Å². The normalized spacial score (nSPS) is 10.6. The highest BCUT2D eigenvalue weighted by Crippen LogP contribution is 2.17. The monoisotopic (exact) mass is 247 g/mol. The average Bonchev–Trinajstić information content (AvgIpc) is 2.72. The third kappa shape index (κ3) is 2.88. The van der Waals surface area contributed by atoms with Crippen LogP contribution in [0.25, 0.3) is 5.69 Å². The SMILES string of the molecule is CCCCNc1nc(C)cn1-c1ccc(F)cc1. The van der Waals surface area contributed by atoms with Crippen molar-refractivity contribution in [3.8, 4) is 5.69 Å². The van der Waals surface area contributed by atoms with Gasteiger partial charge in [0.05, 0.1) is 5.69 Å². The molecule has 0 fully saturated rings. The molecule has 0 spiro atoms. The quantitative estimate of drug-likeness (QED) is 0.819. The highest BCUT2D eigenvalue weighted by molar-refractivity contribution is 5.43. The van der Waals surface area contributed by atoms with Crippen LogP contribution in [0.5, 0.6) is 0 Å². The van der Waals surface area contributed by atoms with Crippen molar-refractivity contribution in [3.05, 3.63) is 42.0 Å². The Hall–Kier alpha value is -1.84. The highest BCUT2D eigenvalue weighted by Gasteiger charge is 2.06. The summed E-state index contributed by atoms with van der Waals surface area (Å²) in [6.07, 6.45) is 4.19. The van der Waals surface area contributed by atoms with E-state index in [1.807, 2.05) is 17.7 Å². The number of anilines is 1. The molecule has 1 N–H and O–H groups in total. The van der Waals surface area contributed by atoms with Crippen molar-refractivity contribution in [2.75, 3.05) is 11.9 Å². The Morgan fingerprint density at radius 1 is 1.28 bits per heavy atom. The van der Waals surface area contributed by atoms with Crippen LogP contribution in [0.3, 0.4) is 0 Å². The van der Waals surface area contributed by atoms with Crippen LogP contribution >= 0.6 is 0 Å². The van der Waals surface area contributed by atoms with E-state index >= 15 is 0 Å². The number of hydrogen-bond acceptors (Lipinski definition) is 2. The number of hydrogen-bond donors (Lipinski definition) is 1. The molecule has 0 aliphatic heterocycles. The van der Waals surface area contributed by atoms with Crippen LogP contribution in [0.1, 0.15) is 25.5 Å². The fourth-order valence-corrected chi connectivity index (χ4v) is 1.80. The first-order chi connectivity index (χ1) is 8.70. The Morgan fingerprint density at radius 2 is 2.00 bits per heavy atom. The molecule has 2 rings (SSSR count). The zero-order chi connectivity index (χ0) is 13.0. The molecule has 0 saturated heterocycles. The molecule has 0 amide bonds. The van der Waals surface area contributed by atoms with E-state index < -0.39 is 0 Å². The van der Waals surface area contributed by atoms with Crippen LogP contribution in [0.2, 0.25) is 0 Å². The van der Waals surface area contributed by atoms with Gasteiger partial charge < -0.3 is 5.32 Å². The maximum atomic E-state index is 12.9. The summed E-state index contributed by atoms with van der Waals surface area (Å²) in [5, 5.41) is 3.31. The zero-order valence-electron chi connectivity index (χ0n) is 10.8. The van der Waals surface area contributed by atoms with E-state index in [1.54, 1.807) is 12.1 Å². The van der Waals surface area contributed by atoms with Crippen molar-refractivity contribution >= 4 is 5.95 Å². The van der Waals surface area contributed by atoms with Crippen LogP contribution in [-0.2, 0) is 0 Å². The van der Waals surface area contributed by atoms with Gasteiger partial charge in [-0.2, -0.15) is 0 Å². The lowest BCUT2D eigenvalue weighted by molar-refractivity contribution is 0.627. The number of imidazole rings is 1. The van der Waals surface area contributed by atoms with Gasteiger partial charge in [0.15, 0.2) is 0 Å². The van der Waals surface area contributed by atoms with Crippen molar-refractivity contribution in [1.29, 1.82) is 0 Å². The molecule has 1 heterocycles. The molecule has 0 bridgehead atoms.